The van der Waals surface area contributed by atoms with Gasteiger partial charge in [0.05, 0.1) is 23.6 Å². The molecule has 0 bridgehead atoms. The van der Waals surface area contributed by atoms with Crippen molar-refractivity contribution in [2.24, 2.45) is 0 Å². The van der Waals surface area contributed by atoms with Crippen LogP contribution in [-0.4, -0.2) is 50.9 Å². The van der Waals surface area contributed by atoms with Gasteiger partial charge in [-0.15, -0.1) is 0 Å². The molecule has 0 aliphatic carbocycles. The van der Waals surface area contributed by atoms with Gasteiger partial charge in [0, 0.05) is 48.3 Å². The average molecular weight is 524 g/mol. The molecule has 4 rings (SSSR count). The number of hydrogen-bond donors (Lipinski definition) is 1. The Kier molecular flexibility index (Phi) is 7.72. The van der Waals surface area contributed by atoms with Gasteiger partial charge in [-0.2, -0.15) is 5.10 Å². The molecule has 1 N–H and O–H groups in total. The van der Waals surface area contributed by atoms with Gasteiger partial charge in [0.1, 0.15) is 0 Å². The van der Waals surface area contributed by atoms with Crippen molar-refractivity contribution in [1.82, 2.24) is 19.6 Å². The standard InChI is InChI=1S/C24H25Cl2F2N5S/c1-15-23(16(2)33(30-15)14-17-6-7-19(25)12-20(17)26)29-24(34)32-10-8-31(9-11-32)13-18-4-3-5-21(27)22(18)28/h3-7,12H,8-11,13-14H2,1-2H3,(H,29,34). The summed E-state index contributed by atoms with van der Waals surface area (Å²) < 4.78 is 29.4. The summed E-state index contributed by atoms with van der Waals surface area (Å²) in [6.45, 7) is 7.59. The maximum atomic E-state index is 14.0. The van der Waals surface area contributed by atoms with Crippen LogP contribution in [0.25, 0.3) is 0 Å². The minimum atomic E-state index is -0.814. The van der Waals surface area contributed by atoms with Crippen molar-refractivity contribution in [3.05, 3.63) is 80.6 Å². The van der Waals surface area contributed by atoms with E-state index in [9.17, 15) is 8.78 Å². The molecule has 34 heavy (non-hydrogen) atoms. The van der Waals surface area contributed by atoms with Gasteiger partial charge in [-0.3, -0.25) is 9.58 Å². The largest absolute Gasteiger partial charge is 0.346 e. The fourth-order valence-corrected chi connectivity index (χ4v) is 4.80. The zero-order chi connectivity index (χ0) is 24.4. The lowest BCUT2D eigenvalue weighted by molar-refractivity contribution is 0.175. The molecule has 2 aromatic carbocycles. The number of halogens is 4. The summed E-state index contributed by atoms with van der Waals surface area (Å²) in [5.74, 6) is -1.59. The molecule has 0 amide bonds. The van der Waals surface area contributed by atoms with Crippen molar-refractivity contribution in [2.75, 3.05) is 31.5 Å². The van der Waals surface area contributed by atoms with Crippen molar-refractivity contribution in [3.63, 3.8) is 0 Å². The lowest BCUT2D eigenvalue weighted by Crippen LogP contribution is -2.49. The molecular formula is C24H25Cl2F2N5S. The maximum Gasteiger partial charge on any atom is 0.173 e. The molecule has 1 aromatic heterocycles. The molecule has 0 atom stereocenters. The third-order valence-corrected chi connectivity index (χ3v) is 6.98. The molecule has 1 fully saturated rings. The fraction of sp³-hybridized carbons (Fsp3) is 0.333. The summed E-state index contributed by atoms with van der Waals surface area (Å²) in [6, 6.07) is 9.73. The van der Waals surface area contributed by atoms with Gasteiger partial charge in [0.25, 0.3) is 0 Å². The SMILES string of the molecule is Cc1nn(Cc2ccc(Cl)cc2Cl)c(C)c1NC(=S)N1CCN(Cc2cccc(F)c2F)CC1. The van der Waals surface area contributed by atoms with Gasteiger partial charge in [-0.1, -0.05) is 41.4 Å². The molecule has 0 unspecified atom stereocenters. The van der Waals surface area contributed by atoms with E-state index in [-0.39, 0.29) is 0 Å². The van der Waals surface area contributed by atoms with Crippen molar-refractivity contribution >= 4 is 46.2 Å². The number of thiocarbonyl (C=S) groups is 1. The Labute approximate surface area is 213 Å². The second kappa shape index (κ2) is 10.6. The van der Waals surface area contributed by atoms with Crippen molar-refractivity contribution < 1.29 is 8.78 Å². The zero-order valence-corrected chi connectivity index (χ0v) is 21.2. The number of rotatable bonds is 5. The number of benzene rings is 2. The van der Waals surface area contributed by atoms with Crippen LogP contribution in [0, 0.1) is 25.5 Å². The number of aromatic nitrogens is 2. The van der Waals surface area contributed by atoms with E-state index in [4.69, 9.17) is 35.4 Å². The van der Waals surface area contributed by atoms with Gasteiger partial charge >= 0.3 is 0 Å². The van der Waals surface area contributed by atoms with E-state index in [1.54, 1.807) is 12.1 Å². The van der Waals surface area contributed by atoms with Gasteiger partial charge < -0.3 is 10.2 Å². The Bertz CT molecular complexity index is 1210. The number of nitrogens with zero attached hydrogens (tertiary/aromatic N) is 4. The number of piperazine rings is 1. The first-order chi connectivity index (χ1) is 16.2. The predicted molar refractivity (Wildman–Crippen MR) is 137 cm³/mol. The van der Waals surface area contributed by atoms with Crippen LogP contribution in [-0.2, 0) is 13.1 Å². The first kappa shape index (κ1) is 24.9. The molecule has 1 aliphatic rings. The van der Waals surface area contributed by atoms with Crippen LogP contribution in [0.3, 0.4) is 0 Å². The number of aryl methyl sites for hydroxylation is 1. The van der Waals surface area contributed by atoms with E-state index in [0.717, 1.165) is 28.7 Å². The highest BCUT2D eigenvalue weighted by atomic mass is 35.5. The molecule has 10 heteroatoms. The van der Waals surface area contributed by atoms with Crippen LogP contribution in [0.15, 0.2) is 36.4 Å². The highest BCUT2D eigenvalue weighted by Crippen LogP contribution is 2.25. The lowest BCUT2D eigenvalue weighted by atomic mass is 10.1. The molecular weight excluding hydrogens is 499 g/mol. The van der Waals surface area contributed by atoms with Gasteiger partial charge in [0.2, 0.25) is 0 Å². The number of hydrogen-bond acceptors (Lipinski definition) is 3. The number of nitrogens with one attached hydrogen (secondary N) is 1. The second-order valence-electron chi connectivity index (χ2n) is 8.35. The van der Waals surface area contributed by atoms with Crippen LogP contribution >= 0.6 is 35.4 Å². The number of anilines is 1. The summed E-state index contributed by atoms with van der Waals surface area (Å²) in [4.78, 5) is 4.18. The fourth-order valence-electron chi connectivity index (χ4n) is 4.05. The summed E-state index contributed by atoms with van der Waals surface area (Å²) in [6.07, 6.45) is 0. The molecule has 0 saturated carbocycles. The van der Waals surface area contributed by atoms with Crippen LogP contribution in [0.4, 0.5) is 14.5 Å². The summed E-state index contributed by atoms with van der Waals surface area (Å²) in [5, 5.41) is 9.81. The Morgan fingerprint density at radius 1 is 1.03 bits per heavy atom. The topological polar surface area (TPSA) is 36.3 Å². The van der Waals surface area contributed by atoms with E-state index in [1.807, 2.05) is 30.7 Å². The Morgan fingerprint density at radius 3 is 2.47 bits per heavy atom. The van der Waals surface area contributed by atoms with Gasteiger partial charge in [-0.05, 0) is 49.8 Å². The van der Waals surface area contributed by atoms with Crippen molar-refractivity contribution in [1.29, 1.82) is 0 Å². The minimum Gasteiger partial charge on any atom is -0.346 e. The highest BCUT2D eigenvalue weighted by Gasteiger charge is 2.22. The van der Waals surface area contributed by atoms with Gasteiger partial charge in [-0.25, -0.2) is 8.78 Å². The summed E-state index contributed by atoms with van der Waals surface area (Å²) >= 11 is 18.0. The summed E-state index contributed by atoms with van der Waals surface area (Å²) in [7, 11) is 0. The normalized spacial score (nSPS) is 14.5. The molecule has 180 valence electrons. The van der Waals surface area contributed by atoms with Crippen molar-refractivity contribution in [2.45, 2.75) is 26.9 Å². The van der Waals surface area contributed by atoms with Gasteiger partial charge in [0.15, 0.2) is 16.7 Å². The zero-order valence-electron chi connectivity index (χ0n) is 18.9. The Hall–Kier alpha value is -2.26. The van der Waals surface area contributed by atoms with E-state index < -0.39 is 11.6 Å². The van der Waals surface area contributed by atoms with Crippen molar-refractivity contribution in [3.8, 4) is 0 Å². The monoisotopic (exact) mass is 523 g/mol. The summed E-state index contributed by atoms with van der Waals surface area (Å²) in [5.41, 5.74) is 3.96. The second-order valence-corrected chi connectivity index (χ2v) is 9.58. The molecule has 5 nitrogen and oxygen atoms in total. The predicted octanol–water partition coefficient (Wildman–Crippen LogP) is 5.65. The molecule has 2 heterocycles. The quantitative estimate of drug-likeness (QED) is 0.437. The maximum absolute atomic E-state index is 14.0. The molecule has 1 saturated heterocycles. The molecule has 3 aromatic rings. The van der Waals surface area contributed by atoms with E-state index >= 15 is 0 Å². The minimum absolute atomic E-state index is 0.369. The lowest BCUT2D eigenvalue weighted by Gasteiger charge is -2.36. The van der Waals surface area contributed by atoms with Crippen LogP contribution in [0.2, 0.25) is 10.0 Å². The smallest absolute Gasteiger partial charge is 0.173 e. The average Bonchev–Trinajstić information content (AvgIpc) is 3.06. The van der Waals surface area contributed by atoms with E-state index in [0.29, 0.717) is 60.0 Å². The Balaban J connectivity index is 1.36. The first-order valence-electron chi connectivity index (χ1n) is 10.9. The highest BCUT2D eigenvalue weighted by molar-refractivity contribution is 7.80. The third-order valence-electron chi connectivity index (χ3n) is 6.03. The third kappa shape index (κ3) is 5.51. The Morgan fingerprint density at radius 2 is 1.76 bits per heavy atom. The molecule has 0 radical (unpaired) electrons. The van der Waals surface area contributed by atoms with Crippen LogP contribution < -0.4 is 5.32 Å². The van der Waals surface area contributed by atoms with Crippen LogP contribution in [0.5, 0.6) is 0 Å². The van der Waals surface area contributed by atoms with E-state index in [2.05, 4.69) is 20.2 Å². The first-order valence-corrected chi connectivity index (χ1v) is 12.1. The molecule has 0 spiro atoms. The van der Waals surface area contributed by atoms with E-state index in [1.165, 1.54) is 6.07 Å². The molecule has 1 aliphatic heterocycles. The van der Waals surface area contributed by atoms with Crippen LogP contribution in [0.1, 0.15) is 22.5 Å².